The second-order valence-corrected chi connectivity index (χ2v) is 8.18. The van der Waals surface area contributed by atoms with Gasteiger partial charge in [-0.15, -0.1) is 0 Å². The van der Waals surface area contributed by atoms with E-state index >= 15 is 0 Å². The molecule has 2 aromatic rings. The summed E-state index contributed by atoms with van der Waals surface area (Å²) in [5.41, 5.74) is 3.69. The van der Waals surface area contributed by atoms with Crippen molar-refractivity contribution in [1.29, 1.82) is 0 Å². The van der Waals surface area contributed by atoms with Gasteiger partial charge in [-0.05, 0) is 49.4 Å². The summed E-state index contributed by atoms with van der Waals surface area (Å²) in [5.74, 6) is -0.205. The normalized spacial score (nSPS) is 16.4. The third-order valence-corrected chi connectivity index (χ3v) is 5.75. The first-order chi connectivity index (χ1) is 14.4. The number of hydrogen-bond acceptors (Lipinski definition) is 4. The van der Waals surface area contributed by atoms with Crippen molar-refractivity contribution < 1.29 is 14.3 Å². The lowest BCUT2D eigenvalue weighted by Crippen LogP contribution is -2.50. The number of hydrogen-bond donors (Lipinski definition) is 2. The fourth-order valence-corrected chi connectivity index (χ4v) is 3.94. The highest BCUT2D eigenvalue weighted by atomic mass is 19.1. The quantitative estimate of drug-likeness (QED) is 0.699. The van der Waals surface area contributed by atoms with Gasteiger partial charge in [-0.2, -0.15) is 0 Å². The molecular weight excluding hydrogens is 381 g/mol. The molecule has 3 rings (SSSR count). The van der Waals surface area contributed by atoms with Crippen molar-refractivity contribution in [3.8, 4) is 0 Å². The number of piperazine rings is 1. The van der Waals surface area contributed by atoms with Gasteiger partial charge < -0.3 is 10.4 Å². The molecule has 1 amide bonds. The standard InChI is InChI=1S/C24H32FN3O2/c1-18-6-5-7-19(2)24(18)26-23(30)17-28-14-12-27(13-15-28)16-21(29)11-10-20-8-3-4-9-22(20)25/h3-9,21,29H,10-17H2,1-2H3,(H,26,30). The molecule has 1 aliphatic heterocycles. The number of benzene rings is 2. The fourth-order valence-electron chi connectivity index (χ4n) is 3.94. The van der Waals surface area contributed by atoms with Crippen LogP contribution in [-0.4, -0.2) is 66.2 Å². The Bertz CT molecular complexity index is 830. The Morgan fingerprint density at radius 3 is 2.33 bits per heavy atom. The molecule has 0 radical (unpaired) electrons. The summed E-state index contributed by atoms with van der Waals surface area (Å²) in [5, 5.41) is 13.4. The van der Waals surface area contributed by atoms with Gasteiger partial charge in [-0.3, -0.25) is 14.6 Å². The average molecular weight is 414 g/mol. The second kappa shape index (κ2) is 10.7. The number of rotatable bonds is 8. The predicted octanol–water partition coefficient (Wildman–Crippen LogP) is 2.99. The largest absolute Gasteiger partial charge is 0.392 e. The number of carbonyl (C=O) groups is 1. The Kier molecular flexibility index (Phi) is 7.96. The Hall–Kier alpha value is -2.28. The van der Waals surface area contributed by atoms with Crippen molar-refractivity contribution in [3.05, 3.63) is 65.0 Å². The minimum atomic E-state index is -0.483. The number of β-amino-alcohol motifs (C(OH)–C–C–N with tert-alkyl or cyclic N) is 1. The summed E-state index contributed by atoms with van der Waals surface area (Å²) in [6, 6.07) is 12.7. The van der Waals surface area contributed by atoms with Crippen molar-refractivity contribution in [3.63, 3.8) is 0 Å². The third-order valence-electron chi connectivity index (χ3n) is 5.75. The number of aliphatic hydroxyl groups excluding tert-OH is 1. The topological polar surface area (TPSA) is 55.8 Å². The highest BCUT2D eigenvalue weighted by Gasteiger charge is 2.21. The predicted molar refractivity (Wildman–Crippen MR) is 118 cm³/mol. The second-order valence-electron chi connectivity index (χ2n) is 8.18. The number of amides is 1. The molecule has 0 aliphatic carbocycles. The van der Waals surface area contributed by atoms with Gasteiger partial charge in [0, 0.05) is 38.4 Å². The van der Waals surface area contributed by atoms with E-state index in [1.807, 2.05) is 38.1 Å². The summed E-state index contributed by atoms with van der Waals surface area (Å²) in [7, 11) is 0. The van der Waals surface area contributed by atoms with Gasteiger partial charge in [-0.1, -0.05) is 36.4 Å². The molecular formula is C24H32FN3O2. The van der Waals surface area contributed by atoms with Crippen LogP contribution in [0, 0.1) is 19.7 Å². The van der Waals surface area contributed by atoms with Crippen molar-refractivity contribution in [2.75, 3.05) is 44.6 Å². The van der Waals surface area contributed by atoms with Gasteiger partial charge in [0.25, 0.3) is 0 Å². The van der Waals surface area contributed by atoms with Crippen LogP contribution in [0.25, 0.3) is 0 Å². The highest BCUT2D eigenvalue weighted by Crippen LogP contribution is 2.19. The van der Waals surface area contributed by atoms with E-state index in [-0.39, 0.29) is 11.7 Å². The van der Waals surface area contributed by atoms with Crippen LogP contribution in [-0.2, 0) is 11.2 Å². The van der Waals surface area contributed by atoms with E-state index in [0.717, 1.165) is 43.0 Å². The highest BCUT2D eigenvalue weighted by molar-refractivity contribution is 5.93. The average Bonchev–Trinajstić information content (AvgIpc) is 2.72. The van der Waals surface area contributed by atoms with Gasteiger partial charge in [0.2, 0.25) is 5.91 Å². The molecule has 0 bridgehead atoms. The molecule has 5 nitrogen and oxygen atoms in total. The first-order valence-corrected chi connectivity index (χ1v) is 10.6. The molecule has 2 N–H and O–H groups in total. The number of nitrogens with zero attached hydrogens (tertiary/aromatic N) is 2. The number of carbonyl (C=O) groups excluding carboxylic acids is 1. The summed E-state index contributed by atoms with van der Waals surface area (Å²) in [6.45, 7) is 8.16. The molecule has 0 spiro atoms. The van der Waals surface area contributed by atoms with E-state index in [4.69, 9.17) is 0 Å². The maximum absolute atomic E-state index is 13.7. The van der Waals surface area contributed by atoms with Gasteiger partial charge in [0.1, 0.15) is 5.82 Å². The van der Waals surface area contributed by atoms with Crippen LogP contribution in [0.2, 0.25) is 0 Å². The molecule has 0 aromatic heterocycles. The van der Waals surface area contributed by atoms with Crippen molar-refractivity contribution in [2.24, 2.45) is 0 Å². The molecule has 162 valence electrons. The molecule has 30 heavy (non-hydrogen) atoms. The van der Waals surface area contributed by atoms with Crippen LogP contribution in [0.15, 0.2) is 42.5 Å². The van der Waals surface area contributed by atoms with E-state index in [1.54, 1.807) is 12.1 Å². The van der Waals surface area contributed by atoms with Crippen LogP contribution >= 0.6 is 0 Å². The molecule has 1 heterocycles. The minimum Gasteiger partial charge on any atom is -0.392 e. The smallest absolute Gasteiger partial charge is 0.238 e. The van der Waals surface area contributed by atoms with Crippen molar-refractivity contribution >= 4 is 11.6 Å². The lowest BCUT2D eigenvalue weighted by atomic mass is 10.1. The summed E-state index contributed by atoms with van der Waals surface area (Å²) < 4.78 is 13.7. The zero-order chi connectivity index (χ0) is 21.5. The van der Waals surface area contributed by atoms with Crippen molar-refractivity contribution in [1.82, 2.24) is 9.80 Å². The molecule has 1 aliphatic rings. The lowest BCUT2D eigenvalue weighted by Gasteiger charge is -2.35. The molecule has 1 saturated heterocycles. The Morgan fingerprint density at radius 1 is 1.03 bits per heavy atom. The van der Waals surface area contributed by atoms with Crippen LogP contribution in [0.3, 0.4) is 0 Å². The third kappa shape index (κ3) is 6.36. The van der Waals surface area contributed by atoms with Crippen LogP contribution in [0.5, 0.6) is 0 Å². The SMILES string of the molecule is Cc1cccc(C)c1NC(=O)CN1CCN(CC(O)CCc2ccccc2F)CC1. The number of halogens is 1. The van der Waals surface area contributed by atoms with Crippen LogP contribution in [0.4, 0.5) is 10.1 Å². The number of anilines is 1. The first kappa shape index (κ1) is 22.4. The Labute approximate surface area is 178 Å². The number of nitrogens with one attached hydrogen (secondary N) is 1. The number of aliphatic hydroxyl groups is 1. The number of para-hydroxylation sites is 1. The van der Waals surface area contributed by atoms with E-state index in [1.165, 1.54) is 6.07 Å². The molecule has 2 aromatic carbocycles. The monoisotopic (exact) mass is 413 g/mol. The van der Waals surface area contributed by atoms with Crippen molar-refractivity contribution in [2.45, 2.75) is 32.8 Å². The van der Waals surface area contributed by atoms with Gasteiger partial charge >= 0.3 is 0 Å². The van der Waals surface area contributed by atoms with Crippen LogP contribution < -0.4 is 5.32 Å². The van der Waals surface area contributed by atoms with Gasteiger partial charge in [0.15, 0.2) is 0 Å². The van der Waals surface area contributed by atoms with E-state index < -0.39 is 6.10 Å². The van der Waals surface area contributed by atoms with Crippen LogP contribution in [0.1, 0.15) is 23.1 Å². The summed E-state index contributed by atoms with van der Waals surface area (Å²) >= 11 is 0. The van der Waals surface area contributed by atoms with E-state index in [2.05, 4.69) is 15.1 Å². The zero-order valence-corrected chi connectivity index (χ0v) is 17.9. The first-order valence-electron chi connectivity index (χ1n) is 10.6. The molecule has 1 unspecified atom stereocenters. The molecule has 6 heteroatoms. The fraction of sp³-hybridized carbons (Fsp3) is 0.458. The zero-order valence-electron chi connectivity index (χ0n) is 17.9. The molecule has 0 saturated carbocycles. The van der Waals surface area contributed by atoms with Gasteiger partial charge in [0.05, 0.1) is 12.6 Å². The molecule has 1 fully saturated rings. The van der Waals surface area contributed by atoms with E-state index in [0.29, 0.717) is 31.5 Å². The summed E-state index contributed by atoms with van der Waals surface area (Å²) in [6.07, 6.45) is 0.592. The Balaban J connectivity index is 1.38. The maximum Gasteiger partial charge on any atom is 0.238 e. The van der Waals surface area contributed by atoms with E-state index in [9.17, 15) is 14.3 Å². The number of aryl methyl sites for hydroxylation is 3. The maximum atomic E-state index is 13.7. The summed E-state index contributed by atoms with van der Waals surface area (Å²) in [4.78, 5) is 16.8. The molecule has 1 atom stereocenters. The Morgan fingerprint density at radius 2 is 1.67 bits per heavy atom. The van der Waals surface area contributed by atoms with Gasteiger partial charge in [-0.25, -0.2) is 4.39 Å². The lowest BCUT2D eigenvalue weighted by molar-refractivity contribution is -0.117. The minimum absolute atomic E-state index is 0.00534.